The monoisotopic (exact) mass is 320 g/mol. The van der Waals surface area contributed by atoms with Gasteiger partial charge in [-0.3, -0.25) is 4.79 Å². The molecule has 1 aliphatic rings. The first-order valence-corrected chi connectivity index (χ1v) is 7.86. The maximum Gasteiger partial charge on any atom is 0.304 e. The van der Waals surface area contributed by atoms with E-state index in [4.69, 9.17) is 9.84 Å². The summed E-state index contributed by atoms with van der Waals surface area (Å²) in [7, 11) is 0. The molecule has 0 saturated heterocycles. The predicted octanol–water partition coefficient (Wildman–Crippen LogP) is 2.38. The van der Waals surface area contributed by atoms with E-state index in [1.54, 1.807) is 6.92 Å². The van der Waals surface area contributed by atoms with Crippen molar-refractivity contribution < 1.29 is 24.9 Å². The Hall–Kier alpha value is -1.85. The summed E-state index contributed by atoms with van der Waals surface area (Å²) in [6.45, 7) is 1.87. The molecule has 0 radical (unpaired) electrons. The van der Waals surface area contributed by atoms with Crippen LogP contribution in [0.15, 0.2) is 42.0 Å². The van der Waals surface area contributed by atoms with Gasteiger partial charge in [0, 0.05) is 5.92 Å². The van der Waals surface area contributed by atoms with Gasteiger partial charge in [-0.1, -0.05) is 29.8 Å². The van der Waals surface area contributed by atoms with Crippen molar-refractivity contribution >= 4 is 5.97 Å². The Morgan fingerprint density at radius 3 is 2.70 bits per heavy atom. The molecule has 3 atom stereocenters. The van der Waals surface area contributed by atoms with Gasteiger partial charge in [0.1, 0.15) is 12.4 Å². The van der Waals surface area contributed by atoms with Gasteiger partial charge in [-0.25, -0.2) is 0 Å². The van der Waals surface area contributed by atoms with Crippen LogP contribution in [0.1, 0.15) is 32.6 Å². The zero-order chi connectivity index (χ0) is 16.9. The summed E-state index contributed by atoms with van der Waals surface area (Å²) in [6.07, 6.45) is 2.68. The molecule has 0 bridgehead atoms. The summed E-state index contributed by atoms with van der Waals surface area (Å²) in [5, 5.41) is 29.3. The number of hydrogen-bond donors (Lipinski definition) is 3. The van der Waals surface area contributed by atoms with Crippen LogP contribution in [0.2, 0.25) is 0 Å². The van der Waals surface area contributed by atoms with E-state index in [0.717, 1.165) is 5.57 Å². The predicted molar refractivity (Wildman–Crippen MR) is 86.2 cm³/mol. The minimum Gasteiger partial charge on any atom is -0.491 e. The molecular weight excluding hydrogens is 296 g/mol. The van der Waals surface area contributed by atoms with Crippen LogP contribution in [0.4, 0.5) is 0 Å². The van der Waals surface area contributed by atoms with Gasteiger partial charge in [-0.15, -0.1) is 0 Å². The zero-order valence-corrected chi connectivity index (χ0v) is 13.3. The largest absolute Gasteiger partial charge is 0.491 e. The average Bonchev–Trinajstić information content (AvgIpc) is 2.85. The molecule has 3 unspecified atom stereocenters. The van der Waals surface area contributed by atoms with Crippen LogP contribution in [-0.4, -0.2) is 39.6 Å². The minimum absolute atomic E-state index is 0.0738. The number of carbonyl (C=O) groups is 1. The van der Waals surface area contributed by atoms with Crippen molar-refractivity contribution in [1.29, 1.82) is 0 Å². The second-order valence-electron chi connectivity index (χ2n) is 6.39. The van der Waals surface area contributed by atoms with Crippen LogP contribution in [0.5, 0.6) is 5.75 Å². The van der Waals surface area contributed by atoms with Crippen molar-refractivity contribution in [2.45, 2.75) is 44.3 Å². The summed E-state index contributed by atoms with van der Waals surface area (Å²) in [6, 6.07) is 9.28. The number of hydrogen-bond acceptors (Lipinski definition) is 4. The van der Waals surface area contributed by atoms with Crippen molar-refractivity contribution in [1.82, 2.24) is 0 Å². The fraction of sp³-hybridized carbons (Fsp3) is 0.500. The van der Waals surface area contributed by atoms with Gasteiger partial charge in [0.2, 0.25) is 0 Å². The van der Waals surface area contributed by atoms with E-state index < -0.39 is 17.7 Å². The molecule has 2 rings (SSSR count). The van der Waals surface area contributed by atoms with Gasteiger partial charge in [0.05, 0.1) is 18.1 Å². The van der Waals surface area contributed by atoms with Gasteiger partial charge in [-0.05, 0) is 38.3 Å². The molecule has 1 aromatic rings. The molecule has 0 spiro atoms. The average molecular weight is 320 g/mol. The molecule has 5 nitrogen and oxygen atoms in total. The van der Waals surface area contributed by atoms with Gasteiger partial charge in [0.25, 0.3) is 0 Å². The summed E-state index contributed by atoms with van der Waals surface area (Å²) < 4.78 is 5.59. The number of benzene rings is 1. The Bertz CT molecular complexity index is 550. The Kier molecular flexibility index (Phi) is 5.80. The number of carboxylic acids is 1. The highest BCUT2D eigenvalue weighted by Crippen LogP contribution is 2.33. The Morgan fingerprint density at radius 1 is 1.35 bits per heavy atom. The van der Waals surface area contributed by atoms with Gasteiger partial charge < -0.3 is 20.1 Å². The summed E-state index contributed by atoms with van der Waals surface area (Å²) >= 11 is 0. The van der Waals surface area contributed by atoms with Gasteiger partial charge in [-0.2, -0.15) is 0 Å². The van der Waals surface area contributed by atoms with E-state index >= 15 is 0 Å². The lowest BCUT2D eigenvalue weighted by Crippen LogP contribution is -2.32. The fourth-order valence-corrected chi connectivity index (χ4v) is 2.82. The summed E-state index contributed by atoms with van der Waals surface area (Å²) in [5.41, 5.74) is -0.0993. The van der Waals surface area contributed by atoms with E-state index in [1.165, 1.54) is 0 Å². The highest BCUT2D eigenvalue weighted by Gasteiger charge is 2.31. The van der Waals surface area contributed by atoms with Crippen molar-refractivity contribution in [3.63, 3.8) is 0 Å². The lowest BCUT2D eigenvalue weighted by Gasteiger charge is -2.25. The highest BCUT2D eigenvalue weighted by atomic mass is 16.5. The molecular formula is C18H24O5. The Morgan fingerprint density at radius 2 is 2.04 bits per heavy atom. The quantitative estimate of drug-likeness (QED) is 0.640. The molecule has 0 aliphatic heterocycles. The second kappa shape index (κ2) is 7.62. The molecule has 23 heavy (non-hydrogen) atoms. The maximum atomic E-state index is 10.9. The fourth-order valence-electron chi connectivity index (χ4n) is 2.82. The summed E-state index contributed by atoms with van der Waals surface area (Å²) in [5.74, 6) is -0.564. The highest BCUT2D eigenvalue weighted by molar-refractivity contribution is 5.67. The van der Waals surface area contributed by atoms with Crippen molar-refractivity contribution in [2.75, 3.05) is 6.61 Å². The van der Waals surface area contributed by atoms with Crippen molar-refractivity contribution in [3.8, 4) is 5.75 Å². The first-order valence-electron chi connectivity index (χ1n) is 7.86. The molecule has 0 saturated carbocycles. The number of para-hydroxylation sites is 1. The number of rotatable bonds is 8. The second-order valence-corrected chi connectivity index (χ2v) is 6.39. The SMILES string of the molecule is CC(O)(CCC1=CCC(O)C1CC(=O)O)COc1ccccc1. The molecule has 5 heteroatoms. The molecule has 0 aromatic heterocycles. The van der Waals surface area contributed by atoms with Crippen molar-refractivity contribution in [2.24, 2.45) is 5.92 Å². The molecule has 1 aromatic carbocycles. The molecule has 1 aliphatic carbocycles. The normalized spacial score (nSPS) is 23.2. The topological polar surface area (TPSA) is 87.0 Å². The molecule has 0 amide bonds. The maximum absolute atomic E-state index is 10.9. The number of aliphatic hydroxyl groups excluding tert-OH is 1. The van der Waals surface area contributed by atoms with E-state index in [1.807, 2.05) is 36.4 Å². The zero-order valence-electron chi connectivity index (χ0n) is 13.3. The first kappa shape index (κ1) is 17.5. The lowest BCUT2D eigenvalue weighted by atomic mass is 9.89. The number of aliphatic hydroxyl groups is 2. The van der Waals surface area contributed by atoms with E-state index in [0.29, 0.717) is 25.0 Å². The third-order valence-corrected chi connectivity index (χ3v) is 4.20. The Labute approximate surface area is 136 Å². The molecule has 0 heterocycles. The van der Waals surface area contributed by atoms with E-state index in [2.05, 4.69) is 0 Å². The van der Waals surface area contributed by atoms with Gasteiger partial charge >= 0.3 is 5.97 Å². The van der Waals surface area contributed by atoms with Crippen LogP contribution in [-0.2, 0) is 4.79 Å². The number of aliphatic carboxylic acids is 1. The standard InChI is InChI=1S/C18H24O5/c1-18(22,12-23-14-5-3-2-4-6-14)10-9-13-7-8-16(19)15(13)11-17(20)21/h2-7,15-16,19,22H,8-12H2,1H3,(H,20,21). The molecule has 3 N–H and O–H groups in total. The van der Waals surface area contributed by atoms with Crippen LogP contribution < -0.4 is 4.74 Å². The smallest absolute Gasteiger partial charge is 0.304 e. The van der Waals surface area contributed by atoms with Crippen LogP contribution >= 0.6 is 0 Å². The molecule has 0 fully saturated rings. The van der Waals surface area contributed by atoms with E-state index in [-0.39, 0.29) is 18.9 Å². The summed E-state index contributed by atoms with van der Waals surface area (Å²) in [4.78, 5) is 10.9. The number of ether oxygens (including phenoxy) is 1. The van der Waals surface area contributed by atoms with E-state index in [9.17, 15) is 15.0 Å². The van der Waals surface area contributed by atoms with Crippen LogP contribution in [0, 0.1) is 5.92 Å². The lowest BCUT2D eigenvalue weighted by molar-refractivity contribution is -0.138. The number of carboxylic acid groups (broad SMARTS) is 1. The Balaban J connectivity index is 1.84. The molecule has 126 valence electrons. The first-order chi connectivity index (χ1) is 10.9. The van der Waals surface area contributed by atoms with Crippen molar-refractivity contribution in [3.05, 3.63) is 42.0 Å². The third-order valence-electron chi connectivity index (χ3n) is 4.20. The third kappa shape index (κ3) is 5.37. The van der Waals surface area contributed by atoms with Gasteiger partial charge in [0.15, 0.2) is 0 Å². The van der Waals surface area contributed by atoms with Crippen LogP contribution in [0.3, 0.4) is 0 Å². The minimum atomic E-state index is -1.02. The van der Waals surface area contributed by atoms with Crippen LogP contribution in [0.25, 0.3) is 0 Å².